The van der Waals surface area contributed by atoms with Crippen LogP contribution in [0.25, 0.3) is 0 Å². The third kappa shape index (κ3) is 6.36. The van der Waals surface area contributed by atoms with Crippen LogP contribution in [0, 0.1) is 5.92 Å². The van der Waals surface area contributed by atoms with E-state index in [1.165, 1.54) is 12.8 Å². The average Bonchev–Trinajstić information content (AvgIpc) is 2.61. The molecule has 5 heteroatoms. The van der Waals surface area contributed by atoms with Crippen molar-refractivity contribution in [2.45, 2.75) is 71.9 Å². The standard InChI is InChI=1S/C16H30N2O3/c1-12(2)13(17-15(20)21-16(3,4)5)14(19)18-10-8-6-7-9-11-18/h12-13H,6-11H2,1-5H3,(H,17,20)/t13-/m0/s1. The summed E-state index contributed by atoms with van der Waals surface area (Å²) in [5.74, 6) is 0.0473. The van der Waals surface area contributed by atoms with E-state index in [2.05, 4.69) is 5.32 Å². The molecule has 1 saturated heterocycles. The molecule has 21 heavy (non-hydrogen) atoms. The molecule has 0 radical (unpaired) electrons. The molecule has 1 fully saturated rings. The highest BCUT2D eigenvalue weighted by Crippen LogP contribution is 2.14. The van der Waals surface area contributed by atoms with Gasteiger partial charge in [-0.3, -0.25) is 4.79 Å². The van der Waals surface area contributed by atoms with E-state index < -0.39 is 17.7 Å². The normalized spacial score (nSPS) is 18.1. The SMILES string of the molecule is CC(C)[C@H](NC(=O)OC(C)(C)C)C(=O)N1CCCCCC1. The highest BCUT2D eigenvalue weighted by Gasteiger charge is 2.30. The lowest BCUT2D eigenvalue weighted by Crippen LogP contribution is -2.52. The number of alkyl carbamates (subject to hydrolysis) is 1. The van der Waals surface area contributed by atoms with Gasteiger partial charge in [-0.1, -0.05) is 26.7 Å². The van der Waals surface area contributed by atoms with E-state index in [-0.39, 0.29) is 11.8 Å². The minimum atomic E-state index is -0.558. The highest BCUT2D eigenvalue weighted by atomic mass is 16.6. The first-order valence-electron chi connectivity index (χ1n) is 7.99. The summed E-state index contributed by atoms with van der Waals surface area (Å²) in [6, 6.07) is -0.516. The number of carbonyl (C=O) groups is 2. The van der Waals surface area contributed by atoms with Crippen molar-refractivity contribution in [3.8, 4) is 0 Å². The number of hydrogen-bond donors (Lipinski definition) is 1. The Hall–Kier alpha value is -1.26. The largest absolute Gasteiger partial charge is 0.444 e. The predicted molar refractivity (Wildman–Crippen MR) is 83.0 cm³/mol. The van der Waals surface area contributed by atoms with Crippen LogP contribution in [0.5, 0.6) is 0 Å². The molecule has 0 aliphatic carbocycles. The fourth-order valence-electron chi connectivity index (χ4n) is 2.44. The number of likely N-dealkylation sites (tertiary alicyclic amines) is 1. The Balaban J connectivity index is 2.67. The van der Waals surface area contributed by atoms with Crippen molar-refractivity contribution in [2.24, 2.45) is 5.92 Å². The van der Waals surface area contributed by atoms with Gasteiger partial charge in [0.25, 0.3) is 0 Å². The molecular formula is C16H30N2O3. The van der Waals surface area contributed by atoms with Crippen LogP contribution < -0.4 is 5.32 Å². The van der Waals surface area contributed by atoms with Crippen LogP contribution in [-0.4, -0.2) is 41.6 Å². The summed E-state index contributed by atoms with van der Waals surface area (Å²) in [4.78, 5) is 26.5. The van der Waals surface area contributed by atoms with Crippen LogP contribution in [-0.2, 0) is 9.53 Å². The molecule has 1 heterocycles. The maximum Gasteiger partial charge on any atom is 0.408 e. The monoisotopic (exact) mass is 298 g/mol. The fraction of sp³-hybridized carbons (Fsp3) is 0.875. The van der Waals surface area contributed by atoms with Gasteiger partial charge >= 0.3 is 6.09 Å². The smallest absolute Gasteiger partial charge is 0.408 e. The molecule has 5 nitrogen and oxygen atoms in total. The van der Waals surface area contributed by atoms with Gasteiger partial charge in [0, 0.05) is 13.1 Å². The van der Waals surface area contributed by atoms with Crippen LogP contribution in [0.3, 0.4) is 0 Å². The maximum atomic E-state index is 12.6. The summed E-state index contributed by atoms with van der Waals surface area (Å²) < 4.78 is 5.26. The van der Waals surface area contributed by atoms with Crippen molar-refractivity contribution in [3.63, 3.8) is 0 Å². The van der Waals surface area contributed by atoms with E-state index in [9.17, 15) is 9.59 Å². The zero-order chi connectivity index (χ0) is 16.0. The second kappa shape index (κ2) is 7.66. The molecule has 1 aliphatic rings. The molecule has 122 valence electrons. The lowest BCUT2D eigenvalue weighted by Gasteiger charge is -2.30. The number of nitrogens with zero attached hydrogens (tertiary/aromatic N) is 1. The Kier molecular flexibility index (Phi) is 6.49. The van der Waals surface area contributed by atoms with Crippen molar-refractivity contribution < 1.29 is 14.3 Å². The van der Waals surface area contributed by atoms with Gasteiger partial charge in [0.05, 0.1) is 0 Å². The highest BCUT2D eigenvalue weighted by molar-refractivity contribution is 5.86. The summed E-state index contributed by atoms with van der Waals surface area (Å²) >= 11 is 0. The third-order valence-corrected chi connectivity index (χ3v) is 3.52. The third-order valence-electron chi connectivity index (χ3n) is 3.52. The summed E-state index contributed by atoms with van der Waals surface area (Å²) in [6.45, 7) is 10.9. The summed E-state index contributed by atoms with van der Waals surface area (Å²) in [7, 11) is 0. The molecule has 2 amide bonds. The lowest BCUT2D eigenvalue weighted by molar-refractivity contribution is -0.134. The zero-order valence-corrected chi connectivity index (χ0v) is 14.1. The lowest BCUT2D eigenvalue weighted by atomic mass is 10.0. The van der Waals surface area contributed by atoms with Gasteiger partial charge in [-0.15, -0.1) is 0 Å². The van der Waals surface area contributed by atoms with E-state index in [1.807, 2.05) is 39.5 Å². The molecule has 0 saturated carbocycles. The first-order chi connectivity index (χ1) is 9.70. The Bertz CT molecular complexity index is 353. The van der Waals surface area contributed by atoms with Crippen LogP contribution >= 0.6 is 0 Å². The van der Waals surface area contributed by atoms with Gasteiger partial charge in [0.2, 0.25) is 5.91 Å². The first-order valence-corrected chi connectivity index (χ1v) is 7.99. The number of nitrogens with one attached hydrogen (secondary N) is 1. The van der Waals surface area contributed by atoms with Crippen molar-refractivity contribution in [3.05, 3.63) is 0 Å². The molecule has 0 aromatic heterocycles. The zero-order valence-electron chi connectivity index (χ0n) is 14.1. The van der Waals surface area contributed by atoms with Gasteiger partial charge < -0.3 is 15.0 Å². The van der Waals surface area contributed by atoms with Crippen LogP contribution in [0.1, 0.15) is 60.3 Å². The molecule has 0 unspecified atom stereocenters. The fourth-order valence-corrected chi connectivity index (χ4v) is 2.44. The number of rotatable bonds is 3. The predicted octanol–water partition coefficient (Wildman–Crippen LogP) is 2.94. The van der Waals surface area contributed by atoms with E-state index >= 15 is 0 Å². The molecular weight excluding hydrogens is 268 g/mol. The van der Waals surface area contributed by atoms with Gasteiger partial charge in [-0.2, -0.15) is 0 Å². The van der Waals surface area contributed by atoms with Crippen molar-refractivity contribution >= 4 is 12.0 Å². The Labute approximate surface area is 128 Å². The van der Waals surface area contributed by atoms with E-state index in [1.54, 1.807) is 0 Å². The van der Waals surface area contributed by atoms with Crippen molar-refractivity contribution in [1.82, 2.24) is 10.2 Å². The quantitative estimate of drug-likeness (QED) is 0.871. The second-order valence-electron chi connectivity index (χ2n) is 7.11. The minimum Gasteiger partial charge on any atom is -0.444 e. The molecule has 1 atom stereocenters. The topological polar surface area (TPSA) is 58.6 Å². The van der Waals surface area contributed by atoms with Crippen LogP contribution in [0.15, 0.2) is 0 Å². The Morgan fingerprint density at radius 2 is 1.57 bits per heavy atom. The van der Waals surface area contributed by atoms with Crippen LogP contribution in [0.4, 0.5) is 4.79 Å². The van der Waals surface area contributed by atoms with Gasteiger partial charge in [0.15, 0.2) is 0 Å². The number of amides is 2. The number of carbonyl (C=O) groups excluding carboxylic acids is 2. The Morgan fingerprint density at radius 1 is 1.05 bits per heavy atom. The second-order valence-corrected chi connectivity index (χ2v) is 7.11. The molecule has 1 rings (SSSR count). The molecule has 0 spiro atoms. The molecule has 1 N–H and O–H groups in total. The average molecular weight is 298 g/mol. The number of hydrogen-bond acceptors (Lipinski definition) is 3. The molecule has 0 bridgehead atoms. The summed E-state index contributed by atoms with van der Waals surface area (Å²) in [5, 5.41) is 2.74. The van der Waals surface area contributed by atoms with Gasteiger partial charge in [-0.05, 0) is 39.5 Å². The Morgan fingerprint density at radius 3 is 2.00 bits per heavy atom. The van der Waals surface area contributed by atoms with E-state index in [0.717, 1.165) is 25.9 Å². The first kappa shape index (κ1) is 17.8. The molecule has 0 aromatic carbocycles. The maximum absolute atomic E-state index is 12.6. The van der Waals surface area contributed by atoms with Crippen molar-refractivity contribution in [1.29, 1.82) is 0 Å². The van der Waals surface area contributed by atoms with Gasteiger partial charge in [-0.25, -0.2) is 4.79 Å². The summed E-state index contributed by atoms with van der Waals surface area (Å²) in [6.07, 6.45) is 3.92. The van der Waals surface area contributed by atoms with E-state index in [4.69, 9.17) is 4.74 Å². The molecule has 1 aliphatic heterocycles. The number of ether oxygens (including phenoxy) is 1. The minimum absolute atomic E-state index is 0.0118. The van der Waals surface area contributed by atoms with E-state index in [0.29, 0.717) is 0 Å². The van der Waals surface area contributed by atoms with Gasteiger partial charge in [0.1, 0.15) is 11.6 Å². The molecule has 0 aromatic rings. The summed E-state index contributed by atoms with van der Waals surface area (Å²) in [5.41, 5.74) is -0.558. The van der Waals surface area contributed by atoms with Crippen molar-refractivity contribution in [2.75, 3.05) is 13.1 Å². The van der Waals surface area contributed by atoms with Crippen LogP contribution in [0.2, 0.25) is 0 Å².